The van der Waals surface area contributed by atoms with Crippen LogP contribution < -0.4 is 5.32 Å². The van der Waals surface area contributed by atoms with Crippen LogP contribution in [0.4, 0.5) is 4.39 Å². The van der Waals surface area contributed by atoms with E-state index in [4.69, 9.17) is 0 Å². The van der Waals surface area contributed by atoms with E-state index in [1.807, 2.05) is 11.8 Å². The summed E-state index contributed by atoms with van der Waals surface area (Å²) in [7, 11) is 0. The minimum Gasteiger partial charge on any atom is -0.307 e. The lowest BCUT2D eigenvalue weighted by molar-refractivity contribution is 0.482. The van der Waals surface area contributed by atoms with Crippen LogP contribution in [0.1, 0.15) is 24.9 Å². The molecule has 0 bridgehead atoms. The summed E-state index contributed by atoms with van der Waals surface area (Å²) < 4.78 is 12.9. The van der Waals surface area contributed by atoms with Crippen molar-refractivity contribution in [1.29, 1.82) is 0 Å². The van der Waals surface area contributed by atoms with Gasteiger partial charge in [0.05, 0.1) is 6.20 Å². The van der Waals surface area contributed by atoms with Crippen molar-refractivity contribution >= 4 is 11.8 Å². The van der Waals surface area contributed by atoms with Gasteiger partial charge in [-0.15, -0.1) is 0 Å². The van der Waals surface area contributed by atoms with E-state index in [1.165, 1.54) is 18.4 Å². The van der Waals surface area contributed by atoms with E-state index in [9.17, 15) is 4.39 Å². The molecule has 0 aliphatic carbocycles. The third kappa shape index (κ3) is 2.92. The number of rotatable bonds is 3. The topological polar surface area (TPSA) is 24.9 Å². The van der Waals surface area contributed by atoms with Gasteiger partial charge in [0.2, 0.25) is 0 Å². The average molecular weight is 226 g/mol. The van der Waals surface area contributed by atoms with Crippen molar-refractivity contribution in [2.75, 3.05) is 11.5 Å². The standard InChI is InChI=1S/C11H15FN2S/c1-8(14-11-2-3-15-7-11)9-4-10(12)6-13-5-9/h4-6,8,11,14H,2-3,7H2,1H3. The molecule has 2 rings (SSSR count). The monoisotopic (exact) mass is 226 g/mol. The molecule has 0 spiro atoms. The summed E-state index contributed by atoms with van der Waals surface area (Å²) in [5.74, 6) is 2.13. The summed E-state index contributed by atoms with van der Waals surface area (Å²) in [5, 5.41) is 3.49. The van der Waals surface area contributed by atoms with Gasteiger partial charge < -0.3 is 5.32 Å². The highest BCUT2D eigenvalue weighted by Gasteiger charge is 2.18. The molecule has 0 aromatic carbocycles. The summed E-state index contributed by atoms with van der Waals surface area (Å²) in [6.45, 7) is 2.06. The highest BCUT2D eigenvalue weighted by Crippen LogP contribution is 2.21. The number of nitrogens with zero attached hydrogens (tertiary/aromatic N) is 1. The van der Waals surface area contributed by atoms with Crippen molar-refractivity contribution in [3.05, 3.63) is 29.8 Å². The number of hydrogen-bond acceptors (Lipinski definition) is 3. The number of nitrogens with one attached hydrogen (secondary N) is 1. The predicted molar refractivity (Wildman–Crippen MR) is 61.5 cm³/mol. The first-order chi connectivity index (χ1) is 7.25. The summed E-state index contributed by atoms with van der Waals surface area (Å²) in [5.41, 5.74) is 0.923. The number of aromatic nitrogens is 1. The van der Waals surface area contributed by atoms with E-state index in [-0.39, 0.29) is 11.9 Å². The Hall–Kier alpha value is -0.610. The predicted octanol–water partition coefficient (Wildman–Crippen LogP) is 2.38. The van der Waals surface area contributed by atoms with Crippen molar-refractivity contribution in [3.8, 4) is 0 Å². The molecule has 1 N–H and O–H groups in total. The van der Waals surface area contributed by atoms with Gasteiger partial charge in [0.1, 0.15) is 5.82 Å². The second kappa shape index (κ2) is 4.94. The van der Waals surface area contributed by atoms with Crippen molar-refractivity contribution in [1.82, 2.24) is 10.3 Å². The maximum atomic E-state index is 12.9. The molecule has 0 radical (unpaired) electrons. The van der Waals surface area contributed by atoms with Gasteiger partial charge in [-0.25, -0.2) is 4.39 Å². The van der Waals surface area contributed by atoms with Gasteiger partial charge in [0.15, 0.2) is 0 Å². The molecule has 0 amide bonds. The third-order valence-electron chi connectivity index (χ3n) is 2.64. The molecule has 4 heteroatoms. The van der Waals surface area contributed by atoms with Crippen LogP contribution >= 0.6 is 11.8 Å². The first kappa shape index (κ1) is 10.9. The molecule has 2 heterocycles. The smallest absolute Gasteiger partial charge is 0.141 e. The van der Waals surface area contributed by atoms with E-state index in [0.29, 0.717) is 6.04 Å². The lowest BCUT2D eigenvalue weighted by atomic mass is 10.1. The first-order valence-electron chi connectivity index (χ1n) is 5.20. The van der Waals surface area contributed by atoms with Crippen LogP contribution in [0.2, 0.25) is 0 Å². The fraction of sp³-hybridized carbons (Fsp3) is 0.545. The Morgan fingerprint density at radius 1 is 1.60 bits per heavy atom. The summed E-state index contributed by atoms with van der Waals surface area (Å²) in [6, 6.07) is 2.29. The van der Waals surface area contributed by atoms with E-state index >= 15 is 0 Å². The van der Waals surface area contributed by atoms with Crippen molar-refractivity contribution < 1.29 is 4.39 Å². The molecule has 2 unspecified atom stereocenters. The van der Waals surface area contributed by atoms with Gasteiger partial charge >= 0.3 is 0 Å². The molecule has 1 aromatic rings. The van der Waals surface area contributed by atoms with Crippen LogP contribution in [0.15, 0.2) is 18.5 Å². The average Bonchev–Trinajstić information content (AvgIpc) is 2.70. The molecule has 1 aliphatic rings. The lowest BCUT2D eigenvalue weighted by Gasteiger charge is -2.18. The molecular weight excluding hydrogens is 211 g/mol. The van der Waals surface area contributed by atoms with E-state index in [0.717, 1.165) is 11.3 Å². The molecule has 1 saturated heterocycles. The molecular formula is C11H15FN2S. The largest absolute Gasteiger partial charge is 0.307 e. The second-order valence-electron chi connectivity index (χ2n) is 3.89. The van der Waals surface area contributed by atoms with Crippen LogP contribution in [0.5, 0.6) is 0 Å². The highest BCUT2D eigenvalue weighted by molar-refractivity contribution is 7.99. The quantitative estimate of drug-likeness (QED) is 0.856. The van der Waals surface area contributed by atoms with Crippen molar-refractivity contribution in [2.45, 2.75) is 25.4 Å². The summed E-state index contributed by atoms with van der Waals surface area (Å²) in [6.07, 6.45) is 4.17. The Kier molecular flexibility index (Phi) is 3.59. The summed E-state index contributed by atoms with van der Waals surface area (Å²) in [4.78, 5) is 3.86. The summed E-state index contributed by atoms with van der Waals surface area (Å²) >= 11 is 1.97. The normalized spacial score (nSPS) is 22.9. The van der Waals surface area contributed by atoms with Gasteiger partial charge in [-0.3, -0.25) is 4.98 Å². The Morgan fingerprint density at radius 2 is 2.47 bits per heavy atom. The zero-order valence-corrected chi connectivity index (χ0v) is 9.56. The molecule has 15 heavy (non-hydrogen) atoms. The third-order valence-corrected chi connectivity index (χ3v) is 3.80. The van der Waals surface area contributed by atoms with Crippen LogP contribution in [0, 0.1) is 5.82 Å². The maximum absolute atomic E-state index is 12.9. The van der Waals surface area contributed by atoms with Crippen molar-refractivity contribution in [2.24, 2.45) is 0 Å². The van der Waals surface area contributed by atoms with E-state index in [1.54, 1.807) is 12.3 Å². The fourth-order valence-electron chi connectivity index (χ4n) is 1.78. The molecule has 1 fully saturated rings. The Morgan fingerprint density at radius 3 is 3.13 bits per heavy atom. The number of halogens is 1. The maximum Gasteiger partial charge on any atom is 0.141 e. The Labute approximate surface area is 93.7 Å². The lowest BCUT2D eigenvalue weighted by Crippen LogP contribution is -2.31. The van der Waals surface area contributed by atoms with E-state index < -0.39 is 0 Å². The van der Waals surface area contributed by atoms with Gasteiger partial charge in [-0.1, -0.05) is 0 Å². The van der Waals surface area contributed by atoms with Gasteiger partial charge in [0.25, 0.3) is 0 Å². The number of pyridine rings is 1. The number of hydrogen-bond donors (Lipinski definition) is 1. The molecule has 1 aliphatic heterocycles. The minimum absolute atomic E-state index is 0.178. The molecule has 2 nitrogen and oxygen atoms in total. The Bertz CT molecular complexity index is 326. The van der Waals surface area contributed by atoms with E-state index in [2.05, 4.69) is 17.2 Å². The van der Waals surface area contributed by atoms with Crippen LogP contribution in [-0.4, -0.2) is 22.5 Å². The fourth-order valence-corrected chi connectivity index (χ4v) is 2.95. The minimum atomic E-state index is -0.262. The molecule has 82 valence electrons. The second-order valence-corrected chi connectivity index (χ2v) is 5.04. The highest BCUT2D eigenvalue weighted by atomic mass is 32.2. The molecule has 2 atom stereocenters. The molecule has 1 aromatic heterocycles. The first-order valence-corrected chi connectivity index (χ1v) is 6.35. The van der Waals surface area contributed by atoms with Gasteiger partial charge in [0, 0.05) is 24.0 Å². The Balaban J connectivity index is 1.97. The van der Waals surface area contributed by atoms with Crippen molar-refractivity contribution in [3.63, 3.8) is 0 Å². The van der Waals surface area contributed by atoms with Crippen LogP contribution in [-0.2, 0) is 0 Å². The SMILES string of the molecule is CC(NC1CCSC1)c1cncc(F)c1. The van der Waals surface area contributed by atoms with Crippen LogP contribution in [0.25, 0.3) is 0 Å². The molecule has 0 saturated carbocycles. The van der Waals surface area contributed by atoms with Gasteiger partial charge in [-0.2, -0.15) is 11.8 Å². The zero-order chi connectivity index (χ0) is 10.7. The van der Waals surface area contributed by atoms with Gasteiger partial charge in [-0.05, 0) is 30.7 Å². The number of thioether (sulfide) groups is 1. The zero-order valence-electron chi connectivity index (χ0n) is 8.74. The van der Waals surface area contributed by atoms with Crippen LogP contribution in [0.3, 0.4) is 0 Å².